The van der Waals surface area contributed by atoms with Gasteiger partial charge < -0.3 is 14.0 Å². The maximum absolute atomic E-state index is 13.5. The van der Waals surface area contributed by atoms with E-state index in [4.69, 9.17) is 14.0 Å². The summed E-state index contributed by atoms with van der Waals surface area (Å²) in [6.07, 6.45) is 7.06. The van der Waals surface area contributed by atoms with Gasteiger partial charge in [-0.2, -0.15) is 5.10 Å². The number of fused-ring (bicyclic) bond motifs is 2. The molecule has 0 radical (unpaired) electrons. The number of aryl methyl sites for hydroxylation is 1. The van der Waals surface area contributed by atoms with E-state index in [0.717, 1.165) is 36.0 Å². The van der Waals surface area contributed by atoms with Crippen LogP contribution in [0.1, 0.15) is 29.5 Å². The molecule has 172 valence electrons. The van der Waals surface area contributed by atoms with Gasteiger partial charge in [-0.05, 0) is 66.6 Å². The van der Waals surface area contributed by atoms with Gasteiger partial charge in [-0.3, -0.25) is 9.40 Å². The number of hydrogen-bond donors (Lipinski definition) is 1. The Kier molecular flexibility index (Phi) is 5.45. The lowest BCUT2D eigenvalue weighted by Gasteiger charge is -2.21. The topological polar surface area (TPSA) is 108 Å². The highest BCUT2D eigenvalue weighted by Crippen LogP contribution is 2.38. The van der Waals surface area contributed by atoms with Crippen LogP contribution in [0.15, 0.2) is 52.1 Å². The summed E-state index contributed by atoms with van der Waals surface area (Å²) in [5.74, 6) is 0.836. The number of nitrogens with zero attached hydrogens (tertiary/aromatic N) is 3. The molecular formula is C23H24N4O5S. The molecule has 0 saturated carbocycles. The maximum atomic E-state index is 13.5. The number of rotatable bonds is 7. The van der Waals surface area contributed by atoms with Crippen molar-refractivity contribution in [2.75, 3.05) is 18.9 Å². The van der Waals surface area contributed by atoms with Gasteiger partial charge in [0.05, 0.1) is 20.8 Å². The zero-order valence-electron chi connectivity index (χ0n) is 18.4. The predicted molar refractivity (Wildman–Crippen MR) is 122 cm³/mol. The molecule has 0 amide bonds. The van der Waals surface area contributed by atoms with Gasteiger partial charge in [-0.25, -0.2) is 8.42 Å². The molecule has 9 nitrogen and oxygen atoms in total. The molecule has 1 aliphatic rings. The Bertz CT molecular complexity index is 1410. The van der Waals surface area contributed by atoms with Crippen LogP contribution in [-0.2, 0) is 29.4 Å². The Morgan fingerprint density at radius 1 is 1.12 bits per heavy atom. The summed E-state index contributed by atoms with van der Waals surface area (Å²) < 4.78 is 47.9. The second-order valence-corrected chi connectivity index (χ2v) is 9.57. The Morgan fingerprint density at radius 2 is 1.94 bits per heavy atom. The molecule has 0 bridgehead atoms. The van der Waals surface area contributed by atoms with Crippen molar-refractivity contribution in [2.45, 2.75) is 37.1 Å². The first-order valence-corrected chi connectivity index (χ1v) is 12.1. The number of sulfonamides is 1. The van der Waals surface area contributed by atoms with E-state index in [1.807, 2.05) is 24.4 Å². The minimum Gasteiger partial charge on any atom is -0.496 e. The average molecular weight is 469 g/mol. The highest BCUT2D eigenvalue weighted by molar-refractivity contribution is 7.92. The van der Waals surface area contributed by atoms with Crippen molar-refractivity contribution in [2.24, 2.45) is 0 Å². The molecule has 0 saturated heterocycles. The zero-order valence-corrected chi connectivity index (χ0v) is 19.2. The maximum Gasteiger partial charge on any atom is 0.267 e. The van der Waals surface area contributed by atoms with Crippen LogP contribution in [0.4, 0.5) is 5.82 Å². The standard InChI is InChI=1S/C23H24N4O5S/c1-30-18-9-8-16-6-3-4-7-17(16)22(18)33(28,29)26-23-21-19(31-2)12-15(13-20(21)32-25-23)14-27-11-5-10-24-27/h5,8-13H,3-4,6-7,14H2,1-2H3,(H,25,26). The molecule has 4 aromatic rings. The van der Waals surface area contributed by atoms with Gasteiger partial charge in [0.25, 0.3) is 10.0 Å². The van der Waals surface area contributed by atoms with E-state index in [-0.39, 0.29) is 10.7 Å². The van der Waals surface area contributed by atoms with Crippen molar-refractivity contribution in [3.8, 4) is 11.5 Å². The Morgan fingerprint density at radius 3 is 2.70 bits per heavy atom. The lowest BCUT2D eigenvalue weighted by Crippen LogP contribution is -2.19. The van der Waals surface area contributed by atoms with E-state index in [9.17, 15) is 8.42 Å². The predicted octanol–water partition coefficient (Wildman–Crippen LogP) is 3.77. The number of nitrogens with one attached hydrogen (secondary N) is 1. The molecule has 2 aromatic heterocycles. The van der Waals surface area contributed by atoms with Crippen LogP contribution in [0.2, 0.25) is 0 Å². The van der Waals surface area contributed by atoms with E-state index in [1.54, 1.807) is 23.0 Å². The summed E-state index contributed by atoms with van der Waals surface area (Å²) in [5, 5.41) is 8.68. The second-order valence-electron chi connectivity index (χ2n) is 7.95. The molecule has 5 rings (SSSR count). The molecule has 0 fully saturated rings. The van der Waals surface area contributed by atoms with Crippen LogP contribution in [0.3, 0.4) is 0 Å². The fraction of sp³-hybridized carbons (Fsp3) is 0.304. The summed E-state index contributed by atoms with van der Waals surface area (Å²) in [5.41, 5.74) is 3.13. The molecule has 10 heteroatoms. The molecule has 1 aliphatic carbocycles. The van der Waals surface area contributed by atoms with Gasteiger partial charge in [-0.1, -0.05) is 11.2 Å². The van der Waals surface area contributed by atoms with Crippen LogP contribution >= 0.6 is 0 Å². The second kappa shape index (κ2) is 8.43. The molecule has 0 unspecified atom stereocenters. The smallest absolute Gasteiger partial charge is 0.267 e. The van der Waals surface area contributed by atoms with Crippen molar-refractivity contribution in [1.82, 2.24) is 14.9 Å². The molecule has 1 N–H and O–H groups in total. The SMILES string of the molecule is COc1ccc2c(c1S(=O)(=O)Nc1noc3cc(Cn4cccn4)cc(OC)c13)CCCC2. The first-order chi connectivity index (χ1) is 16.0. The fourth-order valence-corrected chi connectivity index (χ4v) is 5.87. The third-order valence-corrected chi connectivity index (χ3v) is 7.33. The Balaban J connectivity index is 1.56. The van der Waals surface area contributed by atoms with Crippen molar-refractivity contribution in [3.63, 3.8) is 0 Å². The normalized spacial score (nSPS) is 13.6. The highest BCUT2D eigenvalue weighted by atomic mass is 32.2. The van der Waals surface area contributed by atoms with E-state index in [0.29, 0.717) is 35.4 Å². The van der Waals surface area contributed by atoms with Crippen LogP contribution in [0, 0.1) is 0 Å². The van der Waals surface area contributed by atoms with E-state index in [2.05, 4.69) is 15.0 Å². The largest absolute Gasteiger partial charge is 0.496 e. The zero-order chi connectivity index (χ0) is 23.0. The molecule has 2 aromatic carbocycles. The molecular weight excluding hydrogens is 444 g/mol. The van der Waals surface area contributed by atoms with Gasteiger partial charge in [0, 0.05) is 12.4 Å². The molecule has 0 spiro atoms. The summed E-state index contributed by atoms with van der Waals surface area (Å²) in [7, 11) is -1.01. The van der Waals surface area contributed by atoms with Crippen LogP contribution in [0.5, 0.6) is 11.5 Å². The number of methoxy groups -OCH3 is 2. The van der Waals surface area contributed by atoms with Crippen LogP contribution < -0.4 is 14.2 Å². The van der Waals surface area contributed by atoms with Crippen molar-refractivity contribution >= 4 is 26.8 Å². The summed E-state index contributed by atoms with van der Waals surface area (Å²) in [6, 6.07) is 9.12. The molecule has 33 heavy (non-hydrogen) atoms. The van der Waals surface area contributed by atoms with E-state index in [1.165, 1.54) is 14.2 Å². The molecule has 0 atom stereocenters. The van der Waals surface area contributed by atoms with Gasteiger partial charge in [-0.15, -0.1) is 0 Å². The minimum absolute atomic E-state index is 0.0722. The Hall–Kier alpha value is -3.53. The van der Waals surface area contributed by atoms with Gasteiger partial charge in [0.2, 0.25) is 0 Å². The summed E-state index contributed by atoms with van der Waals surface area (Å²) in [4.78, 5) is 0.160. The molecule has 0 aliphatic heterocycles. The minimum atomic E-state index is -4.00. The quantitative estimate of drug-likeness (QED) is 0.440. The Labute approximate surface area is 191 Å². The number of hydrogen-bond acceptors (Lipinski definition) is 7. The molecule has 2 heterocycles. The number of benzene rings is 2. The summed E-state index contributed by atoms with van der Waals surface area (Å²) in [6.45, 7) is 0.508. The van der Waals surface area contributed by atoms with Crippen LogP contribution in [-0.4, -0.2) is 37.6 Å². The fourth-order valence-electron chi connectivity index (χ4n) is 4.40. The highest BCUT2D eigenvalue weighted by Gasteiger charge is 2.29. The lowest BCUT2D eigenvalue weighted by molar-refractivity contribution is 0.400. The number of aromatic nitrogens is 3. The van der Waals surface area contributed by atoms with Crippen molar-refractivity contribution in [3.05, 3.63) is 59.4 Å². The monoisotopic (exact) mass is 468 g/mol. The third kappa shape index (κ3) is 3.91. The van der Waals surface area contributed by atoms with Crippen LogP contribution in [0.25, 0.3) is 11.0 Å². The number of anilines is 1. The van der Waals surface area contributed by atoms with Gasteiger partial charge in [0.15, 0.2) is 11.4 Å². The van der Waals surface area contributed by atoms with E-state index < -0.39 is 10.0 Å². The first kappa shape index (κ1) is 21.3. The third-order valence-electron chi connectivity index (χ3n) is 5.89. The van der Waals surface area contributed by atoms with Crippen molar-refractivity contribution in [1.29, 1.82) is 0 Å². The summed E-state index contributed by atoms with van der Waals surface area (Å²) >= 11 is 0. The van der Waals surface area contributed by atoms with Gasteiger partial charge >= 0.3 is 0 Å². The van der Waals surface area contributed by atoms with Crippen molar-refractivity contribution < 1.29 is 22.4 Å². The lowest BCUT2D eigenvalue weighted by atomic mass is 9.91. The average Bonchev–Trinajstić information content (AvgIpc) is 3.47. The number of ether oxygens (including phenoxy) is 2. The first-order valence-electron chi connectivity index (χ1n) is 10.7. The van der Waals surface area contributed by atoms with Gasteiger partial charge in [0.1, 0.15) is 21.8 Å². The van der Waals surface area contributed by atoms with E-state index >= 15 is 0 Å².